The highest BCUT2D eigenvalue weighted by Crippen LogP contribution is 2.18. The van der Waals surface area contributed by atoms with E-state index in [0.29, 0.717) is 24.0 Å². The molecule has 0 spiro atoms. The first-order chi connectivity index (χ1) is 16.6. The number of nitrogens with zero attached hydrogens (tertiary/aromatic N) is 3. The average molecular weight is 456 g/mol. The number of H-pyrrole nitrogens is 1. The van der Waals surface area contributed by atoms with Gasteiger partial charge in [0.2, 0.25) is 11.3 Å². The van der Waals surface area contributed by atoms with Crippen LogP contribution in [0.2, 0.25) is 0 Å². The molecule has 2 N–H and O–H groups in total. The molecule has 34 heavy (non-hydrogen) atoms. The molecule has 8 heteroatoms. The largest absolute Gasteiger partial charge is 0.360 e. The monoisotopic (exact) mass is 455 g/mol. The first kappa shape index (κ1) is 21.8. The van der Waals surface area contributed by atoms with E-state index in [4.69, 9.17) is 0 Å². The van der Waals surface area contributed by atoms with E-state index in [-0.39, 0.29) is 23.4 Å². The van der Waals surface area contributed by atoms with Crippen molar-refractivity contribution < 1.29 is 9.59 Å². The Morgan fingerprint density at radius 2 is 1.76 bits per heavy atom. The van der Waals surface area contributed by atoms with Gasteiger partial charge < -0.3 is 15.2 Å². The van der Waals surface area contributed by atoms with Crippen LogP contribution in [0.25, 0.3) is 21.8 Å². The Morgan fingerprint density at radius 1 is 0.971 bits per heavy atom. The van der Waals surface area contributed by atoms with Gasteiger partial charge in [0.15, 0.2) is 0 Å². The molecule has 4 aromatic rings. The Balaban J connectivity index is 1.15. The molecule has 2 amide bonds. The van der Waals surface area contributed by atoms with E-state index < -0.39 is 5.91 Å². The van der Waals surface area contributed by atoms with Gasteiger partial charge in [-0.15, -0.1) is 0 Å². The standard InChI is InChI=1S/C26H25N5O3/c32-23(16-29-26(34)21-15-28-22-9-2-1-8-20(22)25(21)33)31-13-11-30(12-14-31)17-19-6-3-5-18-7-4-10-27-24(18)19/h1-10,15H,11-14,16-17H2,(H,28,33)(H,29,34). The maximum Gasteiger partial charge on any atom is 0.257 e. The topological polar surface area (TPSA) is 98.4 Å². The van der Waals surface area contributed by atoms with Crippen LogP contribution in [0.5, 0.6) is 0 Å². The number of piperazine rings is 1. The molecular formula is C26H25N5O3. The lowest BCUT2D eigenvalue weighted by molar-refractivity contribution is -0.131. The molecule has 5 rings (SSSR count). The minimum absolute atomic E-state index is 0.0000152. The maximum absolute atomic E-state index is 12.7. The number of rotatable bonds is 5. The third-order valence-electron chi connectivity index (χ3n) is 6.27. The lowest BCUT2D eigenvalue weighted by atomic mass is 10.1. The van der Waals surface area contributed by atoms with E-state index in [9.17, 15) is 14.4 Å². The predicted octanol–water partition coefficient (Wildman–Crippen LogP) is 2.15. The molecule has 0 radical (unpaired) electrons. The molecule has 1 saturated heterocycles. The quantitative estimate of drug-likeness (QED) is 0.481. The van der Waals surface area contributed by atoms with Gasteiger partial charge in [-0.1, -0.05) is 36.4 Å². The molecule has 0 atom stereocenters. The van der Waals surface area contributed by atoms with Crippen LogP contribution in [0.15, 0.2) is 71.8 Å². The Hall–Kier alpha value is -4.04. The molecule has 8 nitrogen and oxygen atoms in total. The van der Waals surface area contributed by atoms with Gasteiger partial charge in [-0.05, 0) is 23.8 Å². The number of pyridine rings is 2. The first-order valence-electron chi connectivity index (χ1n) is 11.3. The van der Waals surface area contributed by atoms with Gasteiger partial charge in [0.05, 0.1) is 12.1 Å². The fourth-order valence-electron chi connectivity index (χ4n) is 4.39. The van der Waals surface area contributed by atoms with Crippen LogP contribution in [0.4, 0.5) is 0 Å². The SMILES string of the molecule is O=C(NCC(=O)N1CCN(Cc2cccc3cccnc23)CC1)c1c[nH]c2ccccc2c1=O. The maximum atomic E-state index is 12.7. The van der Waals surface area contributed by atoms with Crippen molar-refractivity contribution in [2.45, 2.75) is 6.54 Å². The first-order valence-corrected chi connectivity index (χ1v) is 11.3. The van der Waals surface area contributed by atoms with Crippen molar-refractivity contribution in [2.75, 3.05) is 32.7 Å². The van der Waals surface area contributed by atoms with Crippen LogP contribution in [0, 0.1) is 0 Å². The van der Waals surface area contributed by atoms with Crippen molar-refractivity contribution in [3.63, 3.8) is 0 Å². The number of aromatic nitrogens is 2. The smallest absolute Gasteiger partial charge is 0.257 e. The van der Waals surface area contributed by atoms with Crippen molar-refractivity contribution in [3.05, 3.63) is 88.3 Å². The van der Waals surface area contributed by atoms with Crippen LogP contribution in [-0.2, 0) is 11.3 Å². The second kappa shape index (κ2) is 9.44. The normalized spacial score (nSPS) is 14.4. The molecule has 0 saturated carbocycles. The van der Waals surface area contributed by atoms with Crippen molar-refractivity contribution in [1.29, 1.82) is 0 Å². The van der Waals surface area contributed by atoms with Gasteiger partial charge in [0.25, 0.3) is 5.91 Å². The van der Waals surface area contributed by atoms with Crippen molar-refractivity contribution in [2.24, 2.45) is 0 Å². The van der Waals surface area contributed by atoms with Gasteiger partial charge in [-0.2, -0.15) is 0 Å². The minimum atomic E-state index is -0.553. The van der Waals surface area contributed by atoms with Gasteiger partial charge >= 0.3 is 0 Å². The summed E-state index contributed by atoms with van der Waals surface area (Å²) in [7, 11) is 0. The summed E-state index contributed by atoms with van der Waals surface area (Å²) in [5.41, 5.74) is 2.49. The molecule has 0 aliphatic carbocycles. The Kier molecular flexibility index (Phi) is 6.05. The zero-order valence-corrected chi connectivity index (χ0v) is 18.7. The molecule has 1 fully saturated rings. The number of para-hydroxylation sites is 2. The second-order valence-electron chi connectivity index (χ2n) is 8.41. The molecule has 1 aliphatic heterocycles. The third-order valence-corrected chi connectivity index (χ3v) is 6.27. The fraction of sp³-hybridized carbons (Fsp3) is 0.231. The summed E-state index contributed by atoms with van der Waals surface area (Å²) in [5, 5.41) is 4.16. The fourth-order valence-corrected chi connectivity index (χ4v) is 4.39. The Labute approximate surface area is 196 Å². The lowest BCUT2D eigenvalue weighted by Crippen LogP contribution is -2.51. The predicted molar refractivity (Wildman–Crippen MR) is 131 cm³/mol. The van der Waals surface area contributed by atoms with Crippen LogP contribution in [0.1, 0.15) is 15.9 Å². The van der Waals surface area contributed by atoms with E-state index in [2.05, 4.69) is 38.4 Å². The van der Waals surface area contributed by atoms with Crippen molar-refractivity contribution in [3.8, 4) is 0 Å². The molecule has 2 aromatic carbocycles. The molecular weight excluding hydrogens is 430 g/mol. The van der Waals surface area contributed by atoms with E-state index in [1.807, 2.05) is 24.4 Å². The number of fused-ring (bicyclic) bond motifs is 2. The van der Waals surface area contributed by atoms with Gasteiger partial charge in [-0.3, -0.25) is 24.3 Å². The van der Waals surface area contributed by atoms with Crippen LogP contribution < -0.4 is 10.7 Å². The molecule has 2 aromatic heterocycles. The average Bonchev–Trinajstić information content (AvgIpc) is 2.88. The van der Waals surface area contributed by atoms with E-state index >= 15 is 0 Å². The van der Waals surface area contributed by atoms with Gasteiger partial charge in [-0.25, -0.2) is 0 Å². The summed E-state index contributed by atoms with van der Waals surface area (Å²) < 4.78 is 0. The number of hydrogen-bond donors (Lipinski definition) is 2. The van der Waals surface area contributed by atoms with E-state index in [1.165, 1.54) is 11.8 Å². The summed E-state index contributed by atoms with van der Waals surface area (Å²) >= 11 is 0. The van der Waals surface area contributed by atoms with Crippen molar-refractivity contribution >= 4 is 33.6 Å². The van der Waals surface area contributed by atoms with Crippen LogP contribution in [-0.4, -0.2) is 64.3 Å². The number of carbonyl (C=O) groups excluding carboxylic acids is 2. The summed E-state index contributed by atoms with van der Waals surface area (Å²) in [6.45, 7) is 3.30. The number of carbonyl (C=O) groups is 2. The molecule has 0 bridgehead atoms. The summed E-state index contributed by atoms with van der Waals surface area (Å²) in [6.07, 6.45) is 3.20. The molecule has 172 valence electrons. The highest BCUT2D eigenvalue weighted by molar-refractivity contribution is 5.98. The molecule has 3 heterocycles. The highest BCUT2D eigenvalue weighted by Gasteiger charge is 2.22. The van der Waals surface area contributed by atoms with E-state index in [1.54, 1.807) is 23.1 Å². The van der Waals surface area contributed by atoms with E-state index in [0.717, 1.165) is 30.5 Å². The number of hydrogen-bond acceptors (Lipinski definition) is 5. The zero-order chi connectivity index (χ0) is 23.5. The Morgan fingerprint density at radius 3 is 2.62 bits per heavy atom. The molecule has 0 unspecified atom stereocenters. The summed E-state index contributed by atoms with van der Waals surface area (Å²) in [4.78, 5) is 49.4. The van der Waals surface area contributed by atoms with Crippen molar-refractivity contribution in [1.82, 2.24) is 25.1 Å². The minimum Gasteiger partial charge on any atom is -0.360 e. The lowest BCUT2D eigenvalue weighted by Gasteiger charge is -2.35. The number of benzene rings is 2. The van der Waals surface area contributed by atoms with Gasteiger partial charge in [0, 0.05) is 61.4 Å². The summed E-state index contributed by atoms with van der Waals surface area (Å²) in [6, 6.07) is 17.2. The third kappa shape index (κ3) is 4.40. The highest BCUT2D eigenvalue weighted by atomic mass is 16.2. The van der Waals surface area contributed by atoms with Crippen LogP contribution >= 0.6 is 0 Å². The van der Waals surface area contributed by atoms with Gasteiger partial charge in [0.1, 0.15) is 5.56 Å². The summed E-state index contributed by atoms with van der Waals surface area (Å²) in [5.74, 6) is -0.709. The second-order valence-corrected chi connectivity index (χ2v) is 8.41. The Bertz CT molecular complexity index is 1420. The van der Waals surface area contributed by atoms with Crippen LogP contribution in [0.3, 0.4) is 0 Å². The number of nitrogens with one attached hydrogen (secondary N) is 2. The molecule has 1 aliphatic rings. The number of amides is 2. The zero-order valence-electron chi connectivity index (χ0n) is 18.7. The number of aromatic amines is 1.